The predicted octanol–water partition coefficient (Wildman–Crippen LogP) is 1.39. The number of hydrogen-bond acceptors (Lipinski definition) is 4. The Bertz CT molecular complexity index is 287. The Hall–Kier alpha value is -0.940. The summed E-state index contributed by atoms with van der Waals surface area (Å²) in [6.07, 6.45) is 3.13. The summed E-state index contributed by atoms with van der Waals surface area (Å²) < 4.78 is 0. The average molecular weight is 227 g/mol. The molecule has 0 bridgehead atoms. The Kier molecular flexibility index (Phi) is 5.28. The number of nitrogens with one attached hydrogen (secondary N) is 1. The molecule has 1 amide bonds. The molecule has 0 saturated heterocycles. The van der Waals surface area contributed by atoms with Crippen LogP contribution in [0.25, 0.3) is 0 Å². The number of hydrogen-bond donors (Lipinski definition) is 2. The maximum Gasteiger partial charge on any atom is 0.271 e. The lowest BCUT2D eigenvalue weighted by atomic mass is 10.1. The number of unbranched alkanes of at least 4 members (excludes halogenated alkanes) is 1. The van der Waals surface area contributed by atoms with Gasteiger partial charge in [-0.05, 0) is 6.42 Å². The zero-order valence-electron chi connectivity index (χ0n) is 8.90. The highest BCUT2D eigenvalue weighted by Gasteiger charge is 2.12. The molecular weight excluding hydrogens is 210 g/mol. The molecule has 1 unspecified atom stereocenters. The lowest BCUT2D eigenvalue weighted by Gasteiger charge is -2.15. The lowest BCUT2D eigenvalue weighted by molar-refractivity contribution is 0.0931. The molecule has 0 saturated carbocycles. The van der Waals surface area contributed by atoms with Gasteiger partial charge in [-0.1, -0.05) is 19.8 Å². The van der Waals surface area contributed by atoms with Crippen molar-refractivity contribution < 1.29 is 4.79 Å². The molecule has 5 heteroatoms. The number of amides is 1. The quantitative estimate of drug-likeness (QED) is 0.771. The summed E-state index contributed by atoms with van der Waals surface area (Å²) in [5, 5.41) is 4.62. The summed E-state index contributed by atoms with van der Waals surface area (Å²) in [6, 6.07) is 0.0687. The first-order valence-corrected chi connectivity index (χ1v) is 6.11. The van der Waals surface area contributed by atoms with E-state index in [1.54, 1.807) is 10.9 Å². The minimum absolute atomic E-state index is 0.0687. The molecule has 0 aromatic carbocycles. The summed E-state index contributed by atoms with van der Waals surface area (Å²) in [6.45, 7) is 2.60. The number of nitrogens with zero attached hydrogens (tertiary/aromatic N) is 1. The van der Waals surface area contributed by atoms with E-state index < -0.39 is 0 Å². The molecule has 0 spiro atoms. The zero-order valence-corrected chi connectivity index (χ0v) is 9.72. The van der Waals surface area contributed by atoms with Crippen molar-refractivity contribution in [2.24, 2.45) is 5.73 Å². The third kappa shape index (κ3) is 3.97. The van der Waals surface area contributed by atoms with Crippen LogP contribution in [-0.4, -0.2) is 23.5 Å². The van der Waals surface area contributed by atoms with Crippen LogP contribution >= 0.6 is 11.3 Å². The molecule has 1 rings (SSSR count). The van der Waals surface area contributed by atoms with E-state index in [0.29, 0.717) is 12.2 Å². The van der Waals surface area contributed by atoms with Crippen LogP contribution in [-0.2, 0) is 0 Å². The Morgan fingerprint density at radius 1 is 1.73 bits per heavy atom. The van der Waals surface area contributed by atoms with Crippen molar-refractivity contribution in [3.63, 3.8) is 0 Å². The van der Waals surface area contributed by atoms with Crippen molar-refractivity contribution in [3.05, 3.63) is 16.6 Å². The maximum absolute atomic E-state index is 11.6. The third-order valence-corrected chi connectivity index (χ3v) is 2.78. The molecule has 0 aliphatic heterocycles. The first kappa shape index (κ1) is 12.1. The molecule has 4 nitrogen and oxygen atoms in total. The van der Waals surface area contributed by atoms with Gasteiger partial charge in [-0.2, -0.15) is 0 Å². The van der Waals surface area contributed by atoms with Gasteiger partial charge in [-0.3, -0.25) is 4.79 Å². The van der Waals surface area contributed by atoms with E-state index in [1.807, 2.05) is 0 Å². The van der Waals surface area contributed by atoms with Crippen molar-refractivity contribution in [1.29, 1.82) is 0 Å². The lowest BCUT2D eigenvalue weighted by Crippen LogP contribution is -2.40. The van der Waals surface area contributed by atoms with E-state index in [2.05, 4.69) is 17.2 Å². The standard InChI is InChI=1S/C10H17N3OS/c1-2-3-4-8(5-11)13-10(14)9-6-15-7-12-9/h6-8H,2-5,11H2,1H3,(H,13,14). The minimum Gasteiger partial charge on any atom is -0.347 e. The summed E-state index contributed by atoms with van der Waals surface area (Å²) in [4.78, 5) is 15.6. The summed E-state index contributed by atoms with van der Waals surface area (Å²) >= 11 is 1.42. The minimum atomic E-state index is -0.122. The van der Waals surface area contributed by atoms with Gasteiger partial charge >= 0.3 is 0 Å². The molecule has 0 aliphatic rings. The Morgan fingerprint density at radius 3 is 3.07 bits per heavy atom. The van der Waals surface area contributed by atoms with Gasteiger partial charge in [0.25, 0.3) is 5.91 Å². The van der Waals surface area contributed by atoms with Gasteiger partial charge in [-0.15, -0.1) is 11.3 Å². The molecule has 3 N–H and O–H groups in total. The highest BCUT2D eigenvalue weighted by Crippen LogP contribution is 2.03. The number of thiazole rings is 1. The van der Waals surface area contributed by atoms with E-state index >= 15 is 0 Å². The fourth-order valence-electron chi connectivity index (χ4n) is 1.28. The highest BCUT2D eigenvalue weighted by atomic mass is 32.1. The number of nitrogens with two attached hydrogens (primary N) is 1. The topological polar surface area (TPSA) is 68.0 Å². The molecule has 84 valence electrons. The molecule has 1 atom stereocenters. The molecule has 0 aliphatic carbocycles. The van der Waals surface area contributed by atoms with Crippen molar-refractivity contribution in [1.82, 2.24) is 10.3 Å². The van der Waals surface area contributed by atoms with Gasteiger partial charge in [0, 0.05) is 18.0 Å². The van der Waals surface area contributed by atoms with Crippen LogP contribution in [0.2, 0.25) is 0 Å². The molecule has 1 aromatic rings. The van der Waals surface area contributed by atoms with Gasteiger partial charge < -0.3 is 11.1 Å². The van der Waals surface area contributed by atoms with Crippen molar-refractivity contribution in [2.75, 3.05) is 6.54 Å². The SMILES string of the molecule is CCCCC(CN)NC(=O)c1cscn1. The summed E-state index contributed by atoms with van der Waals surface area (Å²) in [7, 11) is 0. The number of carbonyl (C=O) groups excluding carboxylic acids is 1. The first-order chi connectivity index (χ1) is 7.27. The van der Waals surface area contributed by atoms with E-state index in [0.717, 1.165) is 19.3 Å². The Morgan fingerprint density at radius 2 is 2.53 bits per heavy atom. The molecule has 15 heavy (non-hydrogen) atoms. The molecule has 1 aromatic heterocycles. The second-order valence-corrected chi connectivity index (χ2v) is 4.14. The van der Waals surface area contributed by atoms with Crippen molar-refractivity contribution >= 4 is 17.2 Å². The van der Waals surface area contributed by atoms with E-state index in [1.165, 1.54) is 11.3 Å². The third-order valence-electron chi connectivity index (χ3n) is 2.19. The second-order valence-electron chi connectivity index (χ2n) is 3.42. The van der Waals surface area contributed by atoms with E-state index in [-0.39, 0.29) is 11.9 Å². The number of rotatable bonds is 6. The second kappa shape index (κ2) is 6.53. The molecule has 0 fully saturated rings. The number of carbonyl (C=O) groups is 1. The van der Waals surface area contributed by atoms with Crippen LogP contribution in [0.15, 0.2) is 10.9 Å². The van der Waals surface area contributed by atoms with Crippen LogP contribution in [0.1, 0.15) is 36.7 Å². The monoisotopic (exact) mass is 227 g/mol. The summed E-state index contributed by atoms with van der Waals surface area (Å²) in [5.74, 6) is -0.122. The fourth-order valence-corrected chi connectivity index (χ4v) is 1.82. The van der Waals surface area contributed by atoms with Gasteiger partial charge in [0.15, 0.2) is 0 Å². The van der Waals surface area contributed by atoms with Gasteiger partial charge in [0.05, 0.1) is 5.51 Å². The average Bonchev–Trinajstić information content (AvgIpc) is 2.77. The normalized spacial score (nSPS) is 12.4. The van der Waals surface area contributed by atoms with Gasteiger partial charge in [-0.25, -0.2) is 4.98 Å². The van der Waals surface area contributed by atoms with Gasteiger partial charge in [0.2, 0.25) is 0 Å². The zero-order chi connectivity index (χ0) is 11.1. The van der Waals surface area contributed by atoms with E-state index in [9.17, 15) is 4.79 Å². The van der Waals surface area contributed by atoms with Crippen molar-refractivity contribution in [3.8, 4) is 0 Å². The van der Waals surface area contributed by atoms with Crippen molar-refractivity contribution in [2.45, 2.75) is 32.2 Å². The number of aromatic nitrogens is 1. The largest absolute Gasteiger partial charge is 0.347 e. The molecular formula is C10H17N3OS. The van der Waals surface area contributed by atoms with E-state index in [4.69, 9.17) is 5.73 Å². The van der Waals surface area contributed by atoms with Crippen LogP contribution in [0, 0.1) is 0 Å². The molecule has 1 heterocycles. The highest BCUT2D eigenvalue weighted by molar-refractivity contribution is 7.07. The first-order valence-electron chi connectivity index (χ1n) is 5.17. The fraction of sp³-hybridized carbons (Fsp3) is 0.600. The van der Waals surface area contributed by atoms with Crippen LogP contribution in [0.3, 0.4) is 0 Å². The smallest absolute Gasteiger partial charge is 0.271 e. The van der Waals surface area contributed by atoms with Gasteiger partial charge in [0.1, 0.15) is 5.69 Å². The van der Waals surface area contributed by atoms with Crippen LogP contribution in [0.4, 0.5) is 0 Å². The Labute approximate surface area is 93.9 Å². The predicted molar refractivity (Wildman–Crippen MR) is 61.9 cm³/mol. The van der Waals surface area contributed by atoms with Crippen LogP contribution < -0.4 is 11.1 Å². The maximum atomic E-state index is 11.6. The summed E-state index contributed by atoms with van der Waals surface area (Å²) in [5.41, 5.74) is 7.72. The Balaban J connectivity index is 2.41. The molecule has 0 radical (unpaired) electrons. The van der Waals surface area contributed by atoms with Crippen LogP contribution in [0.5, 0.6) is 0 Å².